The predicted molar refractivity (Wildman–Crippen MR) is 41.6 cm³/mol. The number of carbonyl (C=O) groups is 1. The summed E-state index contributed by atoms with van der Waals surface area (Å²) in [6.45, 7) is 0. The molecule has 0 fully saturated rings. The second kappa shape index (κ2) is 3.30. The van der Waals surface area contributed by atoms with Crippen LogP contribution in [-0.2, 0) is 0 Å². The smallest absolute Gasteiger partial charge is 0.339 e. The SMILES string of the molecule is COc1c(C(=O)O)ccc(O)c1F. The van der Waals surface area contributed by atoms with Gasteiger partial charge in [0.2, 0.25) is 5.82 Å². The third-order valence-corrected chi connectivity index (χ3v) is 1.51. The molecule has 1 aromatic rings. The third-order valence-electron chi connectivity index (χ3n) is 1.51. The van der Waals surface area contributed by atoms with Gasteiger partial charge in [0.1, 0.15) is 5.56 Å². The van der Waals surface area contributed by atoms with E-state index in [0.717, 1.165) is 19.2 Å². The number of rotatable bonds is 2. The van der Waals surface area contributed by atoms with Crippen LogP contribution in [0.15, 0.2) is 12.1 Å². The van der Waals surface area contributed by atoms with Gasteiger partial charge < -0.3 is 14.9 Å². The fourth-order valence-corrected chi connectivity index (χ4v) is 0.914. The van der Waals surface area contributed by atoms with Crippen LogP contribution in [0.3, 0.4) is 0 Å². The van der Waals surface area contributed by atoms with Crippen LogP contribution in [0.1, 0.15) is 10.4 Å². The molecule has 1 aromatic carbocycles. The third kappa shape index (κ3) is 1.53. The van der Waals surface area contributed by atoms with Gasteiger partial charge in [-0.05, 0) is 12.1 Å². The van der Waals surface area contributed by atoms with Crippen LogP contribution in [-0.4, -0.2) is 23.3 Å². The molecule has 0 radical (unpaired) electrons. The van der Waals surface area contributed by atoms with Crippen molar-refractivity contribution in [1.82, 2.24) is 0 Å². The van der Waals surface area contributed by atoms with Crippen LogP contribution in [0.2, 0.25) is 0 Å². The Balaban J connectivity index is 3.38. The highest BCUT2D eigenvalue weighted by molar-refractivity contribution is 5.91. The number of hydrogen-bond donors (Lipinski definition) is 2. The fraction of sp³-hybridized carbons (Fsp3) is 0.125. The lowest BCUT2D eigenvalue weighted by molar-refractivity contribution is 0.0692. The quantitative estimate of drug-likeness (QED) is 0.729. The van der Waals surface area contributed by atoms with Crippen LogP contribution < -0.4 is 4.74 Å². The van der Waals surface area contributed by atoms with Gasteiger partial charge in [-0.3, -0.25) is 0 Å². The first kappa shape index (κ1) is 9.31. The van der Waals surface area contributed by atoms with E-state index in [0.29, 0.717) is 0 Å². The molecule has 0 atom stereocenters. The van der Waals surface area contributed by atoms with Gasteiger partial charge in [-0.15, -0.1) is 0 Å². The molecule has 0 saturated heterocycles. The van der Waals surface area contributed by atoms with E-state index in [1.807, 2.05) is 0 Å². The lowest BCUT2D eigenvalue weighted by atomic mass is 10.2. The number of hydrogen-bond acceptors (Lipinski definition) is 3. The lowest BCUT2D eigenvalue weighted by Crippen LogP contribution is -2.02. The van der Waals surface area contributed by atoms with E-state index in [2.05, 4.69) is 4.74 Å². The van der Waals surface area contributed by atoms with Crippen molar-refractivity contribution in [1.29, 1.82) is 0 Å². The summed E-state index contributed by atoms with van der Waals surface area (Å²) in [4.78, 5) is 10.5. The van der Waals surface area contributed by atoms with Crippen molar-refractivity contribution in [3.05, 3.63) is 23.5 Å². The second-order valence-electron chi connectivity index (χ2n) is 2.28. The summed E-state index contributed by atoms with van der Waals surface area (Å²) in [5.74, 6) is -3.48. The molecule has 70 valence electrons. The van der Waals surface area contributed by atoms with E-state index in [1.165, 1.54) is 0 Å². The molecule has 13 heavy (non-hydrogen) atoms. The number of phenolic OH excluding ortho intramolecular Hbond substituents is 1. The summed E-state index contributed by atoms with van der Waals surface area (Å²) in [5.41, 5.74) is -0.321. The monoisotopic (exact) mass is 186 g/mol. The van der Waals surface area contributed by atoms with Gasteiger partial charge in [-0.2, -0.15) is 4.39 Å². The molecule has 0 heterocycles. The van der Waals surface area contributed by atoms with Crippen LogP contribution in [0, 0.1) is 5.82 Å². The van der Waals surface area contributed by atoms with Crippen molar-refractivity contribution >= 4 is 5.97 Å². The van der Waals surface area contributed by atoms with Crippen molar-refractivity contribution in [3.8, 4) is 11.5 Å². The molecule has 5 heteroatoms. The van der Waals surface area contributed by atoms with Crippen LogP contribution in [0.25, 0.3) is 0 Å². The fourth-order valence-electron chi connectivity index (χ4n) is 0.914. The number of ether oxygens (including phenoxy) is 1. The average Bonchev–Trinajstić information content (AvgIpc) is 2.09. The Morgan fingerprint density at radius 1 is 1.54 bits per heavy atom. The maximum Gasteiger partial charge on any atom is 0.339 e. The number of phenols is 1. The Hall–Kier alpha value is -1.78. The maximum atomic E-state index is 13.0. The predicted octanol–water partition coefficient (Wildman–Crippen LogP) is 1.24. The summed E-state index contributed by atoms with van der Waals surface area (Å²) >= 11 is 0. The zero-order valence-electron chi connectivity index (χ0n) is 6.74. The average molecular weight is 186 g/mol. The summed E-state index contributed by atoms with van der Waals surface area (Å²) in [6.07, 6.45) is 0. The van der Waals surface area contributed by atoms with E-state index in [1.54, 1.807) is 0 Å². The summed E-state index contributed by atoms with van der Waals surface area (Å²) in [7, 11) is 1.13. The molecular formula is C8H7FO4. The molecule has 0 aliphatic rings. The summed E-state index contributed by atoms with van der Waals surface area (Å²) in [6, 6.07) is 2.03. The van der Waals surface area contributed by atoms with Crippen LogP contribution in [0.5, 0.6) is 11.5 Å². The number of carboxylic acids is 1. The van der Waals surface area contributed by atoms with Gasteiger partial charge >= 0.3 is 5.97 Å². The van der Waals surface area contributed by atoms with Crippen molar-refractivity contribution in [3.63, 3.8) is 0 Å². The molecule has 0 aliphatic heterocycles. The topological polar surface area (TPSA) is 66.8 Å². The highest BCUT2D eigenvalue weighted by Crippen LogP contribution is 2.29. The number of carboxylic acid groups (broad SMARTS) is 1. The van der Waals surface area contributed by atoms with Gasteiger partial charge in [-0.1, -0.05) is 0 Å². The zero-order valence-corrected chi connectivity index (χ0v) is 6.74. The molecule has 4 nitrogen and oxygen atoms in total. The zero-order chi connectivity index (χ0) is 10.0. The molecule has 0 amide bonds. The van der Waals surface area contributed by atoms with Gasteiger partial charge in [0.25, 0.3) is 0 Å². The normalized spacial score (nSPS) is 9.69. The largest absolute Gasteiger partial charge is 0.505 e. The van der Waals surface area contributed by atoms with Gasteiger partial charge in [-0.25, -0.2) is 4.79 Å². The van der Waals surface area contributed by atoms with E-state index in [4.69, 9.17) is 10.2 Å². The van der Waals surface area contributed by atoms with E-state index in [-0.39, 0.29) is 5.56 Å². The first-order chi connectivity index (χ1) is 6.07. The van der Waals surface area contributed by atoms with Gasteiger partial charge in [0.15, 0.2) is 11.5 Å². The Morgan fingerprint density at radius 3 is 2.62 bits per heavy atom. The van der Waals surface area contributed by atoms with Gasteiger partial charge in [0, 0.05) is 0 Å². The highest BCUT2D eigenvalue weighted by Gasteiger charge is 2.17. The maximum absolute atomic E-state index is 13.0. The molecule has 1 rings (SSSR count). The molecule has 0 spiro atoms. The molecular weight excluding hydrogens is 179 g/mol. The first-order valence-corrected chi connectivity index (χ1v) is 3.36. The second-order valence-corrected chi connectivity index (χ2v) is 2.28. The minimum atomic E-state index is -1.31. The number of aromatic hydroxyl groups is 1. The molecule has 0 aromatic heterocycles. The van der Waals surface area contributed by atoms with Crippen molar-refractivity contribution in [2.24, 2.45) is 0 Å². The molecule has 0 bridgehead atoms. The van der Waals surface area contributed by atoms with E-state index in [9.17, 15) is 9.18 Å². The summed E-state index contributed by atoms with van der Waals surface area (Å²) < 4.78 is 17.5. The number of halogens is 1. The number of aromatic carboxylic acids is 1. The van der Waals surface area contributed by atoms with Crippen molar-refractivity contribution in [2.45, 2.75) is 0 Å². The Bertz CT molecular complexity index is 348. The Kier molecular flexibility index (Phi) is 2.36. The van der Waals surface area contributed by atoms with E-state index >= 15 is 0 Å². The molecule has 0 saturated carbocycles. The molecule has 0 aliphatic carbocycles. The van der Waals surface area contributed by atoms with Crippen molar-refractivity contribution in [2.75, 3.05) is 7.11 Å². The molecule has 2 N–H and O–H groups in total. The summed E-state index contributed by atoms with van der Waals surface area (Å²) in [5, 5.41) is 17.5. The molecule has 0 unspecified atom stereocenters. The lowest BCUT2D eigenvalue weighted by Gasteiger charge is -2.06. The standard InChI is InChI=1S/C8H7FO4/c1-13-7-4(8(11)12)2-3-5(10)6(7)9/h2-3,10H,1H3,(H,11,12). The number of benzene rings is 1. The first-order valence-electron chi connectivity index (χ1n) is 3.36. The Morgan fingerprint density at radius 2 is 2.15 bits per heavy atom. The minimum Gasteiger partial charge on any atom is -0.505 e. The number of methoxy groups -OCH3 is 1. The van der Waals surface area contributed by atoms with Crippen molar-refractivity contribution < 1.29 is 24.1 Å². The van der Waals surface area contributed by atoms with Gasteiger partial charge in [0.05, 0.1) is 7.11 Å². The minimum absolute atomic E-state index is 0.321. The van der Waals surface area contributed by atoms with Crippen LogP contribution >= 0.6 is 0 Å². The Labute approximate surface area is 73.2 Å². The van der Waals surface area contributed by atoms with E-state index < -0.39 is 23.3 Å². The van der Waals surface area contributed by atoms with Crippen LogP contribution in [0.4, 0.5) is 4.39 Å². The highest BCUT2D eigenvalue weighted by atomic mass is 19.1.